The third-order valence-electron chi connectivity index (χ3n) is 10.7. The molecule has 4 fully saturated rings. The molecule has 0 unspecified atom stereocenters. The summed E-state index contributed by atoms with van der Waals surface area (Å²) in [7, 11) is 0. The number of fused-ring (bicyclic) bond motifs is 4. The molecule has 7 nitrogen and oxygen atoms in total. The number of phenols is 1. The molecule has 0 radical (unpaired) electrons. The Kier molecular flexibility index (Phi) is 6.31. The van der Waals surface area contributed by atoms with Crippen LogP contribution in [0.5, 0.6) is 11.8 Å². The quantitative estimate of drug-likeness (QED) is 0.248. The Balaban J connectivity index is 1.32. The average Bonchev–Trinajstić information content (AvgIpc) is 3.45. The molecule has 4 aromatic rings. The topological polar surface area (TPSA) is 74.6 Å². The second kappa shape index (κ2) is 10.7. The van der Waals surface area contributed by atoms with Gasteiger partial charge in [-0.1, -0.05) is 18.4 Å². The maximum atomic E-state index is 15.1. The maximum Gasteiger partial charge on any atom is 0.319 e. The van der Waals surface area contributed by atoms with Crippen LogP contribution in [0.15, 0.2) is 30.5 Å². The Labute approximate surface area is 268 Å². The first-order valence-corrected chi connectivity index (χ1v) is 16.1. The fourth-order valence-corrected chi connectivity index (χ4v) is 8.27. The highest BCUT2D eigenvalue weighted by Gasteiger charge is 2.56. The van der Waals surface area contributed by atoms with Crippen molar-refractivity contribution in [3.63, 3.8) is 0 Å². The predicted molar refractivity (Wildman–Crippen MR) is 171 cm³/mol. The molecule has 1 saturated carbocycles. The van der Waals surface area contributed by atoms with E-state index >= 15 is 8.78 Å². The van der Waals surface area contributed by atoms with Gasteiger partial charge in [0.05, 0.1) is 36.5 Å². The molecule has 238 valence electrons. The van der Waals surface area contributed by atoms with Gasteiger partial charge in [0.2, 0.25) is 0 Å². The molecule has 1 aliphatic carbocycles. The number of phenolic OH excluding ortho intramolecular Hbond substituents is 1. The fraction of sp³-hybridized carbons (Fsp3) is 0.472. The lowest BCUT2D eigenvalue weighted by Gasteiger charge is -2.33. The molecular weight excluding hydrogens is 591 g/mol. The Morgan fingerprint density at radius 2 is 2.04 bits per heavy atom. The van der Waals surface area contributed by atoms with E-state index in [-0.39, 0.29) is 35.7 Å². The zero-order valence-corrected chi connectivity index (χ0v) is 25.7. The van der Waals surface area contributed by atoms with Gasteiger partial charge in [0, 0.05) is 47.6 Å². The van der Waals surface area contributed by atoms with Crippen LogP contribution in [0.25, 0.3) is 32.9 Å². The molecule has 0 spiro atoms. The van der Waals surface area contributed by atoms with Gasteiger partial charge in [-0.05, 0) is 69.7 Å². The number of aryl methyl sites for hydroxylation is 1. The highest BCUT2D eigenvalue weighted by Crippen LogP contribution is 2.49. The zero-order valence-electron chi connectivity index (χ0n) is 27.7. The first-order chi connectivity index (χ1) is 23.0. The van der Waals surface area contributed by atoms with E-state index in [1.807, 2.05) is 9.80 Å². The summed E-state index contributed by atoms with van der Waals surface area (Å²) in [4.78, 5) is 18.1. The zero-order chi connectivity index (χ0) is 33.7. The molecule has 5 heterocycles. The molecule has 46 heavy (non-hydrogen) atoms. The average molecular weight is 630 g/mol. The minimum Gasteiger partial charge on any atom is -0.508 e. The Bertz CT molecular complexity index is 2020. The van der Waals surface area contributed by atoms with Crippen LogP contribution >= 0.6 is 0 Å². The molecular formula is C36H36F3N5O2. The molecule has 3 aliphatic heterocycles. The van der Waals surface area contributed by atoms with Gasteiger partial charge in [-0.15, -0.1) is 6.42 Å². The van der Waals surface area contributed by atoms with Crippen LogP contribution in [0.4, 0.5) is 19.0 Å². The van der Waals surface area contributed by atoms with Crippen molar-refractivity contribution in [2.45, 2.75) is 82.3 Å². The van der Waals surface area contributed by atoms with E-state index in [0.717, 1.165) is 19.3 Å². The summed E-state index contributed by atoms with van der Waals surface area (Å²) in [6.45, 7) is 2.31. The standard InChI is InChI=1S/C36H36F3N5O2/c1-4-23-27(37)10-9-21-14-22(45)15-25(29(21)23)31-19(2)32-26(17-40-31)34(43-12-6-5-8-24-30(39)33(24)43)42-35(41-32)46-18-36-11-7-13-44(36)20(3)28(38)16-36/h1,9-10,14-15,17,20,24,28,30,33,45H,5-8,11-13,16,18H2,2-3H3/t20-,24+,28-,30+,33+,36+/m1/s1/i18D2. The number of ether oxygens (including phenoxy) is 1. The molecule has 2 aromatic carbocycles. The molecule has 0 bridgehead atoms. The number of aromatic hydroxyl groups is 1. The number of alkyl halides is 2. The number of hydrogen-bond acceptors (Lipinski definition) is 7. The Morgan fingerprint density at radius 1 is 1.20 bits per heavy atom. The van der Waals surface area contributed by atoms with Gasteiger partial charge >= 0.3 is 6.01 Å². The second-order valence-electron chi connectivity index (χ2n) is 13.3. The van der Waals surface area contributed by atoms with Crippen LogP contribution in [0, 0.1) is 31.0 Å². The van der Waals surface area contributed by atoms with Gasteiger partial charge in [0.15, 0.2) is 0 Å². The highest BCUT2D eigenvalue weighted by molar-refractivity contribution is 6.04. The monoisotopic (exact) mass is 629 g/mol. The van der Waals surface area contributed by atoms with Crippen LogP contribution in [0.2, 0.25) is 0 Å². The van der Waals surface area contributed by atoms with Crippen molar-refractivity contribution >= 4 is 27.5 Å². The van der Waals surface area contributed by atoms with Crippen molar-refractivity contribution in [1.29, 1.82) is 0 Å². The molecule has 6 atom stereocenters. The van der Waals surface area contributed by atoms with Crippen LogP contribution in [0.1, 0.15) is 59.3 Å². The molecule has 3 saturated heterocycles. The number of aromatic nitrogens is 3. The van der Waals surface area contributed by atoms with E-state index in [4.69, 9.17) is 26.1 Å². The van der Waals surface area contributed by atoms with Crippen molar-refractivity contribution in [3.8, 4) is 35.4 Å². The number of rotatable bonds is 5. The van der Waals surface area contributed by atoms with Crippen molar-refractivity contribution in [3.05, 3.63) is 47.4 Å². The minimum absolute atomic E-state index is 0.00719. The van der Waals surface area contributed by atoms with Crippen LogP contribution in [-0.4, -0.2) is 74.6 Å². The molecule has 0 amide bonds. The van der Waals surface area contributed by atoms with Crippen molar-refractivity contribution in [1.82, 2.24) is 19.9 Å². The van der Waals surface area contributed by atoms with Gasteiger partial charge in [-0.25, -0.2) is 13.2 Å². The van der Waals surface area contributed by atoms with Crippen LogP contribution in [-0.2, 0) is 0 Å². The SMILES string of the molecule is [2H]C([2H])(Oc1nc(N2CCCC[C@H]3[C@H](F)[C@H]32)c2cnc(-c3cc(O)cc4ccc(F)c(C#C)c34)c(C)c2n1)[C@@]12CCCN1[C@H](C)[C@H](F)C2. The fourth-order valence-electron chi connectivity index (χ4n) is 8.27. The van der Waals surface area contributed by atoms with E-state index in [1.54, 1.807) is 20.0 Å². The first-order valence-electron chi connectivity index (χ1n) is 17.1. The lowest BCUT2D eigenvalue weighted by atomic mass is 9.94. The normalized spacial score (nSPS) is 30.0. The van der Waals surface area contributed by atoms with Gasteiger partial charge in [-0.3, -0.25) is 9.88 Å². The number of halogens is 3. The summed E-state index contributed by atoms with van der Waals surface area (Å²) in [6, 6.07) is 4.70. The molecule has 4 aliphatic rings. The van der Waals surface area contributed by atoms with E-state index in [9.17, 15) is 12.2 Å². The largest absolute Gasteiger partial charge is 0.508 e. The Hall–Kier alpha value is -4.10. The third kappa shape index (κ3) is 4.42. The van der Waals surface area contributed by atoms with Crippen LogP contribution < -0.4 is 9.64 Å². The van der Waals surface area contributed by atoms with Crippen molar-refractivity contribution in [2.24, 2.45) is 5.92 Å². The summed E-state index contributed by atoms with van der Waals surface area (Å²) in [5.41, 5.74) is 0.515. The van der Waals surface area contributed by atoms with Gasteiger partial charge in [0.1, 0.15) is 36.3 Å². The highest BCUT2D eigenvalue weighted by atomic mass is 19.1. The smallest absolute Gasteiger partial charge is 0.319 e. The predicted octanol–water partition coefficient (Wildman–Crippen LogP) is 6.65. The van der Waals surface area contributed by atoms with E-state index in [0.29, 0.717) is 70.2 Å². The maximum absolute atomic E-state index is 15.1. The number of terminal acetylenes is 1. The van der Waals surface area contributed by atoms with Crippen molar-refractivity contribution in [2.75, 3.05) is 24.5 Å². The van der Waals surface area contributed by atoms with Gasteiger partial charge in [-0.2, -0.15) is 9.97 Å². The molecule has 10 heteroatoms. The number of pyridine rings is 1. The second-order valence-corrected chi connectivity index (χ2v) is 13.3. The number of hydrogen-bond donors (Lipinski definition) is 1. The summed E-state index contributed by atoms with van der Waals surface area (Å²) in [5, 5.41) is 12.1. The molecule has 1 N–H and O–H groups in total. The third-order valence-corrected chi connectivity index (χ3v) is 10.7. The van der Waals surface area contributed by atoms with E-state index < -0.39 is 36.3 Å². The minimum atomic E-state index is -2.35. The van der Waals surface area contributed by atoms with Gasteiger partial charge in [0.25, 0.3) is 0 Å². The van der Waals surface area contributed by atoms with Crippen molar-refractivity contribution < 1.29 is 25.8 Å². The molecule has 8 rings (SSSR count). The summed E-state index contributed by atoms with van der Waals surface area (Å²) >= 11 is 0. The van der Waals surface area contributed by atoms with E-state index in [2.05, 4.69) is 5.92 Å². The van der Waals surface area contributed by atoms with E-state index in [1.165, 1.54) is 24.3 Å². The van der Waals surface area contributed by atoms with Gasteiger partial charge < -0.3 is 14.7 Å². The van der Waals surface area contributed by atoms with Crippen LogP contribution in [0.3, 0.4) is 0 Å². The number of nitrogens with zero attached hydrogens (tertiary/aromatic N) is 5. The summed E-state index contributed by atoms with van der Waals surface area (Å²) in [5.74, 6) is 2.06. The number of benzene rings is 2. The lowest BCUT2D eigenvalue weighted by Crippen LogP contribution is -2.46. The molecule has 2 aromatic heterocycles. The first kappa shape index (κ1) is 27.1. The summed E-state index contributed by atoms with van der Waals surface area (Å²) in [6.07, 6.45) is 8.74. The lowest BCUT2D eigenvalue weighted by molar-refractivity contribution is 0.0879. The number of anilines is 1. The Morgan fingerprint density at radius 3 is 2.87 bits per heavy atom. The summed E-state index contributed by atoms with van der Waals surface area (Å²) < 4.78 is 69.7.